The highest BCUT2D eigenvalue weighted by Crippen LogP contribution is 2.64. The Labute approximate surface area is 560 Å². The molecule has 0 saturated carbocycles. The van der Waals surface area contributed by atoms with Crippen LogP contribution >= 0.6 is 0 Å². The van der Waals surface area contributed by atoms with Crippen molar-refractivity contribution in [1.82, 2.24) is 4.57 Å². The van der Waals surface area contributed by atoms with Crippen molar-refractivity contribution in [1.29, 1.82) is 0 Å². The second-order valence-corrected chi connectivity index (χ2v) is 25.1. The van der Waals surface area contributed by atoms with Gasteiger partial charge in [0.15, 0.2) is 0 Å². The van der Waals surface area contributed by atoms with E-state index in [1.807, 2.05) is 0 Å². The molecule has 0 N–H and O–H groups in total. The van der Waals surface area contributed by atoms with Gasteiger partial charge in [0, 0.05) is 57.0 Å². The maximum absolute atomic E-state index is 4.95. The molecule has 18 rings (SSSR count). The van der Waals surface area contributed by atoms with Gasteiger partial charge in [-0.25, -0.2) is 0 Å². The van der Waals surface area contributed by atoms with Gasteiger partial charge in [0.05, 0.1) is 33.5 Å². The summed E-state index contributed by atoms with van der Waals surface area (Å²) in [5, 5.41) is 2.31. The van der Waals surface area contributed by atoms with E-state index in [4.69, 9.17) is 6.58 Å². The number of anilines is 8. The highest BCUT2D eigenvalue weighted by atomic mass is 15.2. The molecule has 4 nitrogen and oxygen atoms in total. The first-order chi connectivity index (χ1) is 47.6. The standard InChI is InChI=1S/C92H64N4/c1-63-28-7-6-24-59-93(69-33-12-4-13-34-69)85-47-26-48-86(89(63)85)94(71-55-51-66(52-56-71)64-29-8-2-9-30-64)73-60-68(75-41-25-45-83-90(75)78-39-18-22-44-82(78)92(83)80-42-20-16-37-76(80)77-38-17-21-43-81(77)92)61-74(62-73)95(72-57-53-67(54-58-72)65-31-10-3-11-32-65)87-49-27-50-88-91(87)79-40-19-23-46-84(79)96(88)70-35-14-5-15-36-70/h2-58,60-62H,1,59H2/b24-6-,28-7-. The number of benzene rings is 14. The van der Waals surface area contributed by atoms with Crippen LogP contribution in [-0.4, -0.2) is 11.1 Å². The van der Waals surface area contributed by atoms with Crippen molar-refractivity contribution in [2.24, 2.45) is 0 Å². The minimum Gasteiger partial charge on any atom is -0.337 e. The number of allylic oxidation sites excluding steroid dienone is 4. The van der Waals surface area contributed by atoms with E-state index in [9.17, 15) is 0 Å². The number of rotatable bonds is 11. The highest BCUT2D eigenvalue weighted by molar-refractivity contribution is 6.17. The fraction of sp³-hybridized carbons (Fsp3) is 0.0217. The molecule has 1 aromatic heterocycles. The van der Waals surface area contributed by atoms with Crippen LogP contribution in [0.2, 0.25) is 0 Å². The molecule has 0 saturated heterocycles. The van der Waals surface area contributed by atoms with E-state index in [-0.39, 0.29) is 0 Å². The Morgan fingerprint density at radius 2 is 0.792 bits per heavy atom. The Bertz CT molecular complexity index is 5520. The summed E-state index contributed by atoms with van der Waals surface area (Å²) in [7, 11) is 0. The molecule has 0 fully saturated rings. The average molecular weight is 1230 g/mol. The van der Waals surface area contributed by atoms with Gasteiger partial charge >= 0.3 is 0 Å². The van der Waals surface area contributed by atoms with E-state index in [1.54, 1.807) is 0 Å². The molecule has 0 amide bonds. The zero-order chi connectivity index (χ0) is 63.7. The maximum atomic E-state index is 4.95. The Kier molecular flexibility index (Phi) is 13.6. The fourth-order valence-corrected chi connectivity index (χ4v) is 15.9. The van der Waals surface area contributed by atoms with Crippen molar-refractivity contribution >= 4 is 72.9 Å². The molecular weight excluding hydrogens is 1160 g/mol. The molecule has 2 heterocycles. The number of para-hydroxylation sites is 3. The van der Waals surface area contributed by atoms with E-state index < -0.39 is 5.41 Å². The van der Waals surface area contributed by atoms with E-state index in [0.717, 1.165) is 118 Å². The third kappa shape index (κ3) is 9.06. The second-order valence-electron chi connectivity index (χ2n) is 25.1. The molecular formula is C92H64N4. The third-order valence-electron chi connectivity index (χ3n) is 19.9. The lowest BCUT2D eigenvalue weighted by Gasteiger charge is -2.34. The van der Waals surface area contributed by atoms with Crippen molar-refractivity contribution in [2.45, 2.75) is 5.41 Å². The van der Waals surface area contributed by atoms with Crippen LogP contribution in [0.15, 0.2) is 371 Å². The topological polar surface area (TPSA) is 14.7 Å². The number of hydrogen-bond donors (Lipinski definition) is 0. The van der Waals surface area contributed by atoms with Crippen LogP contribution in [0.3, 0.4) is 0 Å². The summed E-state index contributed by atoms with van der Waals surface area (Å²) in [4.78, 5) is 7.43. The minimum absolute atomic E-state index is 0.552. The summed E-state index contributed by atoms with van der Waals surface area (Å²) in [5.41, 5.74) is 30.0. The third-order valence-corrected chi connectivity index (χ3v) is 19.9. The summed E-state index contributed by atoms with van der Waals surface area (Å²) < 4.78 is 2.43. The van der Waals surface area contributed by atoms with Crippen LogP contribution in [0, 0.1) is 0 Å². The first-order valence-electron chi connectivity index (χ1n) is 33.1. The first kappa shape index (κ1) is 56.3. The number of hydrogen-bond acceptors (Lipinski definition) is 3. The number of aromatic nitrogens is 1. The van der Waals surface area contributed by atoms with Crippen molar-refractivity contribution in [2.75, 3.05) is 21.2 Å². The van der Waals surface area contributed by atoms with E-state index in [2.05, 4.69) is 383 Å². The first-order valence-corrected chi connectivity index (χ1v) is 33.1. The Hall–Kier alpha value is -12.5. The van der Waals surface area contributed by atoms with Gasteiger partial charge in [-0.3, -0.25) is 0 Å². The Balaban J connectivity index is 0.960. The van der Waals surface area contributed by atoms with E-state index in [1.165, 1.54) is 44.5 Å². The highest BCUT2D eigenvalue weighted by Gasteiger charge is 2.52. The lowest BCUT2D eigenvalue weighted by Crippen LogP contribution is -2.25. The van der Waals surface area contributed by atoms with Crippen molar-refractivity contribution in [3.63, 3.8) is 0 Å². The maximum Gasteiger partial charge on any atom is 0.0725 e. The van der Waals surface area contributed by atoms with Gasteiger partial charge in [-0.15, -0.1) is 0 Å². The van der Waals surface area contributed by atoms with Crippen LogP contribution in [-0.2, 0) is 5.41 Å². The van der Waals surface area contributed by atoms with Gasteiger partial charge in [0.25, 0.3) is 0 Å². The van der Waals surface area contributed by atoms with Gasteiger partial charge in [0.1, 0.15) is 0 Å². The monoisotopic (exact) mass is 1220 g/mol. The molecule has 2 aliphatic carbocycles. The normalized spacial score (nSPS) is 13.8. The van der Waals surface area contributed by atoms with Gasteiger partial charge in [-0.1, -0.05) is 274 Å². The van der Waals surface area contributed by atoms with Gasteiger partial charge in [0.2, 0.25) is 0 Å². The van der Waals surface area contributed by atoms with Crippen LogP contribution in [0.25, 0.3) is 88.7 Å². The molecule has 4 heteroatoms. The molecule has 15 aromatic rings. The summed E-state index contributed by atoms with van der Waals surface area (Å²) in [5.74, 6) is 0. The molecule has 96 heavy (non-hydrogen) atoms. The molecule has 1 spiro atoms. The summed E-state index contributed by atoms with van der Waals surface area (Å²) in [6, 6.07) is 126. The van der Waals surface area contributed by atoms with Crippen molar-refractivity contribution in [3.8, 4) is 61.3 Å². The number of nitrogens with zero attached hydrogens (tertiary/aromatic N) is 4. The van der Waals surface area contributed by atoms with E-state index in [0.29, 0.717) is 6.54 Å². The smallest absolute Gasteiger partial charge is 0.0725 e. The molecule has 0 bridgehead atoms. The second kappa shape index (κ2) is 23.3. The summed E-state index contributed by atoms with van der Waals surface area (Å²) in [6.45, 7) is 5.61. The molecule has 1 aliphatic heterocycles. The predicted molar refractivity (Wildman–Crippen MR) is 404 cm³/mol. The SMILES string of the molecule is C=C1/C=C\C=C/CN(c2ccccc2)c2cccc(N(c3ccc(-c4ccccc4)cc3)c3cc(-c4cccc5c4-c4ccccc4C54c5ccccc5-c5ccccc54)cc(N(c4ccc(-c5ccccc5)cc4)c4cccc5c4c4ccccc4n5-c4ccccc4)c3)c21. The quantitative estimate of drug-likeness (QED) is 0.128. The molecule has 3 aliphatic rings. The van der Waals surface area contributed by atoms with Gasteiger partial charge in [-0.2, -0.15) is 0 Å². The fourth-order valence-electron chi connectivity index (χ4n) is 15.9. The van der Waals surface area contributed by atoms with Gasteiger partial charge < -0.3 is 19.3 Å². The average Bonchev–Trinajstić information content (AvgIpc) is 1.50. The van der Waals surface area contributed by atoms with E-state index >= 15 is 0 Å². The minimum atomic E-state index is -0.552. The number of fused-ring (bicyclic) bond motifs is 14. The lowest BCUT2D eigenvalue weighted by molar-refractivity contribution is 0.794. The van der Waals surface area contributed by atoms with Crippen molar-refractivity contribution < 1.29 is 0 Å². The molecule has 452 valence electrons. The van der Waals surface area contributed by atoms with Crippen LogP contribution in [0.1, 0.15) is 27.8 Å². The Morgan fingerprint density at radius 1 is 0.323 bits per heavy atom. The molecule has 14 aromatic carbocycles. The zero-order valence-electron chi connectivity index (χ0n) is 52.8. The van der Waals surface area contributed by atoms with Crippen LogP contribution in [0.4, 0.5) is 45.5 Å². The Morgan fingerprint density at radius 3 is 1.43 bits per heavy atom. The lowest BCUT2D eigenvalue weighted by atomic mass is 9.70. The molecule has 0 radical (unpaired) electrons. The summed E-state index contributed by atoms with van der Waals surface area (Å²) in [6.07, 6.45) is 8.67. The van der Waals surface area contributed by atoms with Crippen LogP contribution in [0.5, 0.6) is 0 Å². The van der Waals surface area contributed by atoms with Gasteiger partial charge in [-0.05, 0) is 181 Å². The van der Waals surface area contributed by atoms with Crippen LogP contribution < -0.4 is 14.7 Å². The molecule has 0 unspecified atom stereocenters. The molecule has 0 atom stereocenters. The summed E-state index contributed by atoms with van der Waals surface area (Å²) >= 11 is 0. The largest absolute Gasteiger partial charge is 0.337 e. The predicted octanol–water partition coefficient (Wildman–Crippen LogP) is 24.3. The van der Waals surface area contributed by atoms with Crippen molar-refractivity contribution in [3.05, 3.63) is 398 Å². The zero-order valence-corrected chi connectivity index (χ0v) is 52.8.